The van der Waals surface area contributed by atoms with E-state index in [4.69, 9.17) is 16.0 Å². The van der Waals surface area contributed by atoms with Crippen LogP contribution in [0, 0.1) is 13.8 Å². The first-order chi connectivity index (χ1) is 10.5. The second kappa shape index (κ2) is 7.47. The van der Waals surface area contributed by atoms with Gasteiger partial charge in [0.25, 0.3) is 0 Å². The maximum Gasteiger partial charge on any atom is 0.224 e. The Kier molecular flexibility index (Phi) is 5.63. The van der Waals surface area contributed by atoms with E-state index in [2.05, 4.69) is 5.32 Å². The maximum absolute atomic E-state index is 11.9. The lowest BCUT2D eigenvalue weighted by molar-refractivity contribution is -0.120. The number of furan rings is 1. The lowest BCUT2D eigenvalue weighted by Gasteiger charge is -2.11. The number of aliphatic hydroxyl groups is 1. The van der Waals surface area contributed by atoms with Crippen LogP contribution in [-0.4, -0.2) is 17.6 Å². The van der Waals surface area contributed by atoms with Crippen molar-refractivity contribution >= 4 is 17.5 Å². The second-order valence-corrected chi connectivity index (χ2v) is 5.70. The lowest BCUT2D eigenvalue weighted by Crippen LogP contribution is -2.27. The minimum atomic E-state index is -0.641. The molecular formula is C17H20ClNO3. The molecule has 0 aliphatic carbocycles. The first-order valence-corrected chi connectivity index (χ1v) is 7.60. The van der Waals surface area contributed by atoms with Crippen molar-refractivity contribution in [1.29, 1.82) is 0 Å². The van der Waals surface area contributed by atoms with Gasteiger partial charge in [0.1, 0.15) is 11.5 Å². The molecule has 1 aromatic heterocycles. The van der Waals surface area contributed by atoms with Crippen molar-refractivity contribution < 1.29 is 14.3 Å². The number of hydrogen-bond acceptors (Lipinski definition) is 3. The van der Waals surface area contributed by atoms with Gasteiger partial charge in [-0.3, -0.25) is 4.79 Å². The van der Waals surface area contributed by atoms with Gasteiger partial charge < -0.3 is 14.8 Å². The molecule has 0 bridgehead atoms. The average Bonchev–Trinajstić information content (AvgIpc) is 2.80. The fourth-order valence-corrected chi connectivity index (χ4v) is 2.56. The molecule has 4 nitrogen and oxygen atoms in total. The molecule has 118 valence electrons. The molecule has 1 heterocycles. The predicted molar refractivity (Wildman–Crippen MR) is 85.9 cm³/mol. The standard InChI is InChI=1S/C17H20ClNO3/c1-11-9-14(12(2)22-11)16(20)7-8-19-17(21)10-13-5-3-4-6-15(13)18/h3-6,9,16,20H,7-8,10H2,1-2H3,(H,19,21). The number of halogens is 1. The molecule has 0 aliphatic heterocycles. The van der Waals surface area contributed by atoms with Crippen LogP contribution < -0.4 is 5.32 Å². The first kappa shape index (κ1) is 16.6. The zero-order valence-corrected chi connectivity index (χ0v) is 13.5. The fourth-order valence-electron chi connectivity index (χ4n) is 2.36. The van der Waals surface area contributed by atoms with Crippen molar-refractivity contribution in [3.8, 4) is 0 Å². The van der Waals surface area contributed by atoms with Gasteiger partial charge >= 0.3 is 0 Å². The monoisotopic (exact) mass is 321 g/mol. The van der Waals surface area contributed by atoms with Crippen molar-refractivity contribution in [3.63, 3.8) is 0 Å². The number of benzene rings is 1. The number of hydrogen-bond donors (Lipinski definition) is 2. The zero-order chi connectivity index (χ0) is 16.1. The third-order valence-corrected chi connectivity index (χ3v) is 3.86. The molecule has 1 aromatic carbocycles. The number of carbonyl (C=O) groups is 1. The molecule has 0 fully saturated rings. The summed E-state index contributed by atoms with van der Waals surface area (Å²) in [5.74, 6) is 1.38. The summed E-state index contributed by atoms with van der Waals surface area (Å²) < 4.78 is 5.39. The van der Waals surface area contributed by atoms with Gasteiger partial charge in [0.2, 0.25) is 5.91 Å². The van der Waals surface area contributed by atoms with Gasteiger partial charge in [-0.1, -0.05) is 29.8 Å². The molecule has 2 aromatic rings. The van der Waals surface area contributed by atoms with E-state index in [1.165, 1.54) is 0 Å². The van der Waals surface area contributed by atoms with E-state index in [1.807, 2.05) is 38.1 Å². The number of nitrogens with one attached hydrogen (secondary N) is 1. The molecule has 22 heavy (non-hydrogen) atoms. The van der Waals surface area contributed by atoms with Crippen LogP contribution in [0.5, 0.6) is 0 Å². The molecule has 0 radical (unpaired) electrons. The third kappa shape index (κ3) is 4.36. The van der Waals surface area contributed by atoms with E-state index in [9.17, 15) is 9.90 Å². The Balaban J connectivity index is 1.80. The number of carbonyl (C=O) groups excluding carboxylic acids is 1. The SMILES string of the molecule is Cc1cc(C(O)CCNC(=O)Cc2ccccc2Cl)c(C)o1. The van der Waals surface area contributed by atoms with Crippen LogP contribution in [0.1, 0.15) is 35.2 Å². The van der Waals surface area contributed by atoms with Crippen molar-refractivity contribution in [2.75, 3.05) is 6.54 Å². The molecule has 0 saturated heterocycles. The van der Waals surface area contributed by atoms with Crippen molar-refractivity contribution in [2.24, 2.45) is 0 Å². The molecule has 0 aliphatic rings. The summed E-state index contributed by atoms with van der Waals surface area (Å²) >= 11 is 6.02. The Hall–Kier alpha value is -1.78. The minimum absolute atomic E-state index is 0.111. The molecule has 1 amide bonds. The molecule has 0 spiro atoms. The predicted octanol–water partition coefficient (Wildman–Crippen LogP) is 3.33. The Labute approximate surface area is 135 Å². The number of rotatable bonds is 6. The molecule has 0 saturated carbocycles. The topological polar surface area (TPSA) is 62.5 Å². The van der Waals surface area contributed by atoms with Crippen molar-refractivity contribution in [2.45, 2.75) is 32.8 Å². The quantitative estimate of drug-likeness (QED) is 0.857. The van der Waals surface area contributed by atoms with E-state index in [0.717, 1.165) is 16.9 Å². The van der Waals surface area contributed by atoms with Gasteiger partial charge in [0.15, 0.2) is 0 Å². The van der Waals surface area contributed by atoms with Crippen LogP contribution in [0.4, 0.5) is 0 Å². The fraction of sp³-hybridized carbons (Fsp3) is 0.353. The molecule has 2 rings (SSSR count). The normalized spacial score (nSPS) is 12.2. The lowest BCUT2D eigenvalue weighted by atomic mass is 10.1. The highest BCUT2D eigenvalue weighted by Crippen LogP contribution is 2.23. The van der Waals surface area contributed by atoms with Crippen LogP contribution in [0.2, 0.25) is 5.02 Å². The Morgan fingerprint density at radius 2 is 2.09 bits per heavy atom. The number of aliphatic hydroxyl groups excluding tert-OH is 1. The highest BCUT2D eigenvalue weighted by atomic mass is 35.5. The minimum Gasteiger partial charge on any atom is -0.466 e. The summed E-state index contributed by atoms with van der Waals surface area (Å²) in [5.41, 5.74) is 1.57. The summed E-state index contributed by atoms with van der Waals surface area (Å²) in [4.78, 5) is 11.9. The summed E-state index contributed by atoms with van der Waals surface area (Å²) in [6.45, 7) is 4.06. The van der Waals surface area contributed by atoms with Gasteiger partial charge in [-0.05, 0) is 38.0 Å². The van der Waals surface area contributed by atoms with E-state index in [1.54, 1.807) is 6.07 Å². The molecule has 2 N–H and O–H groups in total. The van der Waals surface area contributed by atoms with E-state index in [0.29, 0.717) is 23.7 Å². The van der Waals surface area contributed by atoms with E-state index >= 15 is 0 Å². The van der Waals surface area contributed by atoms with E-state index < -0.39 is 6.10 Å². The maximum atomic E-state index is 11.9. The third-order valence-electron chi connectivity index (χ3n) is 3.49. The van der Waals surface area contributed by atoms with Gasteiger partial charge in [0.05, 0.1) is 12.5 Å². The molecule has 1 unspecified atom stereocenters. The van der Waals surface area contributed by atoms with Crippen LogP contribution in [-0.2, 0) is 11.2 Å². The Morgan fingerprint density at radius 3 is 2.73 bits per heavy atom. The summed E-state index contributed by atoms with van der Waals surface area (Å²) in [7, 11) is 0. The highest BCUT2D eigenvalue weighted by molar-refractivity contribution is 6.31. The summed E-state index contributed by atoms with van der Waals surface area (Å²) in [6.07, 6.45) is 0.0336. The first-order valence-electron chi connectivity index (χ1n) is 7.22. The second-order valence-electron chi connectivity index (χ2n) is 5.29. The number of aryl methyl sites for hydroxylation is 2. The van der Waals surface area contributed by atoms with Crippen LogP contribution >= 0.6 is 11.6 Å². The van der Waals surface area contributed by atoms with Gasteiger partial charge in [0, 0.05) is 17.1 Å². The number of amides is 1. The summed E-state index contributed by atoms with van der Waals surface area (Å²) in [5, 5.41) is 13.5. The summed E-state index contributed by atoms with van der Waals surface area (Å²) in [6, 6.07) is 9.09. The molecular weight excluding hydrogens is 302 g/mol. The van der Waals surface area contributed by atoms with E-state index in [-0.39, 0.29) is 12.3 Å². The van der Waals surface area contributed by atoms with Crippen LogP contribution in [0.15, 0.2) is 34.7 Å². The molecule has 1 atom stereocenters. The Morgan fingerprint density at radius 1 is 1.36 bits per heavy atom. The largest absolute Gasteiger partial charge is 0.466 e. The smallest absolute Gasteiger partial charge is 0.224 e. The average molecular weight is 322 g/mol. The Bertz CT molecular complexity index is 651. The molecule has 5 heteroatoms. The highest BCUT2D eigenvalue weighted by Gasteiger charge is 2.14. The van der Waals surface area contributed by atoms with Gasteiger partial charge in [-0.15, -0.1) is 0 Å². The van der Waals surface area contributed by atoms with Gasteiger partial charge in [-0.25, -0.2) is 0 Å². The van der Waals surface area contributed by atoms with Gasteiger partial charge in [-0.2, -0.15) is 0 Å². The van der Waals surface area contributed by atoms with Crippen molar-refractivity contribution in [1.82, 2.24) is 5.32 Å². The van der Waals surface area contributed by atoms with Crippen LogP contribution in [0.3, 0.4) is 0 Å². The van der Waals surface area contributed by atoms with Crippen molar-refractivity contribution in [3.05, 3.63) is 58.0 Å². The zero-order valence-electron chi connectivity index (χ0n) is 12.7. The van der Waals surface area contributed by atoms with Crippen LogP contribution in [0.25, 0.3) is 0 Å².